The molecule has 19 heavy (non-hydrogen) atoms. The van der Waals surface area contributed by atoms with E-state index in [1.807, 2.05) is 23.8 Å². The summed E-state index contributed by atoms with van der Waals surface area (Å²) in [6, 6.07) is 3.64. The fourth-order valence-corrected chi connectivity index (χ4v) is 2.36. The van der Waals surface area contributed by atoms with Crippen molar-refractivity contribution in [3.8, 4) is 0 Å². The highest BCUT2D eigenvalue weighted by molar-refractivity contribution is 9.10. The van der Waals surface area contributed by atoms with Gasteiger partial charge in [-0.15, -0.1) is 0 Å². The third kappa shape index (κ3) is 3.23. The number of aromatic nitrogens is 2. The zero-order valence-corrected chi connectivity index (χ0v) is 12.6. The van der Waals surface area contributed by atoms with Gasteiger partial charge in [0.05, 0.1) is 0 Å². The van der Waals surface area contributed by atoms with Gasteiger partial charge in [-0.05, 0) is 47.0 Å². The number of anilines is 1. The number of hydrogen-bond acceptors (Lipinski definition) is 2. The Labute approximate surface area is 121 Å². The van der Waals surface area contributed by atoms with E-state index < -0.39 is 0 Å². The van der Waals surface area contributed by atoms with Gasteiger partial charge < -0.3 is 9.88 Å². The Kier molecular flexibility index (Phi) is 4.37. The van der Waals surface area contributed by atoms with Crippen LogP contribution >= 0.6 is 15.9 Å². The molecule has 0 aliphatic heterocycles. The number of nitrogens with one attached hydrogen (secondary N) is 1. The molecule has 0 aliphatic carbocycles. The summed E-state index contributed by atoms with van der Waals surface area (Å²) in [5.74, 6) is -0.103. The van der Waals surface area contributed by atoms with Gasteiger partial charge in [0.1, 0.15) is 5.69 Å². The predicted octanol–water partition coefficient (Wildman–Crippen LogP) is 3.62. The molecule has 0 spiro atoms. The number of halogens is 1. The molecule has 2 rings (SSSR count). The van der Waals surface area contributed by atoms with Crippen molar-refractivity contribution < 1.29 is 4.79 Å². The molecule has 0 saturated heterocycles. The van der Waals surface area contributed by atoms with Crippen LogP contribution in [0.4, 0.5) is 5.69 Å². The van der Waals surface area contributed by atoms with Crippen LogP contribution in [0.1, 0.15) is 29.4 Å². The van der Waals surface area contributed by atoms with E-state index in [0.29, 0.717) is 5.69 Å². The Bertz CT molecular complexity index is 592. The van der Waals surface area contributed by atoms with Crippen molar-refractivity contribution in [3.63, 3.8) is 0 Å². The summed E-state index contributed by atoms with van der Waals surface area (Å²) >= 11 is 3.41. The number of pyridine rings is 1. The fourth-order valence-electron chi connectivity index (χ4n) is 1.89. The third-order valence-corrected chi connectivity index (χ3v) is 3.26. The van der Waals surface area contributed by atoms with Crippen LogP contribution in [0.3, 0.4) is 0 Å². The molecule has 0 atom stereocenters. The van der Waals surface area contributed by atoms with E-state index in [1.54, 1.807) is 18.5 Å². The number of carbonyl (C=O) groups excluding carboxylic acids is 1. The minimum atomic E-state index is -0.103. The second-order valence-corrected chi connectivity index (χ2v) is 5.30. The maximum Gasteiger partial charge on any atom is 0.272 e. The van der Waals surface area contributed by atoms with E-state index in [0.717, 1.165) is 28.7 Å². The number of amides is 1. The van der Waals surface area contributed by atoms with E-state index in [1.165, 1.54) is 0 Å². The highest BCUT2D eigenvalue weighted by atomic mass is 79.9. The average Bonchev–Trinajstić information content (AvgIpc) is 2.74. The van der Waals surface area contributed by atoms with Crippen molar-refractivity contribution in [2.24, 2.45) is 0 Å². The fraction of sp³-hybridized carbons (Fsp3) is 0.286. The van der Waals surface area contributed by atoms with Crippen molar-refractivity contribution in [2.45, 2.75) is 26.8 Å². The lowest BCUT2D eigenvalue weighted by Gasteiger charge is -2.10. The number of hydrogen-bond donors (Lipinski definition) is 1. The molecule has 5 heteroatoms. The average molecular weight is 322 g/mol. The van der Waals surface area contributed by atoms with Crippen LogP contribution < -0.4 is 5.32 Å². The molecule has 2 aromatic rings. The Morgan fingerprint density at radius 3 is 3.00 bits per heavy atom. The van der Waals surface area contributed by atoms with Crippen LogP contribution in [-0.4, -0.2) is 15.5 Å². The first kappa shape index (κ1) is 13.8. The summed E-state index contributed by atoms with van der Waals surface area (Å²) < 4.78 is 2.87. The van der Waals surface area contributed by atoms with Gasteiger partial charge in [0.2, 0.25) is 0 Å². The molecule has 0 radical (unpaired) electrons. The van der Waals surface area contributed by atoms with Crippen LogP contribution in [0.15, 0.2) is 35.2 Å². The van der Waals surface area contributed by atoms with Gasteiger partial charge in [0.15, 0.2) is 0 Å². The lowest BCUT2D eigenvalue weighted by atomic mass is 10.2. The molecule has 2 aromatic heterocycles. The normalized spacial score (nSPS) is 10.5. The van der Waals surface area contributed by atoms with Crippen molar-refractivity contribution in [3.05, 3.63) is 46.5 Å². The molecule has 2 heterocycles. The van der Waals surface area contributed by atoms with Gasteiger partial charge in [0, 0.05) is 35.3 Å². The topological polar surface area (TPSA) is 46.9 Å². The largest absolute Gasteiger partial charge is 0.342 e. The number of aryl methyl sites for hydroxylation is 2. The Morgan fingerprint density at radius 2 is 2.32 bits per heavy atom. The molecular formula is C14H16BrN3O. The lowest BCUT2D eigenvalue weighted by Crippen LogP contribution is -2.17. The van der Waals surface area contributed by atoms with Gasteiger partial charge in [-0.1, -0.05) is 6.92 Å². The maximum absolute atomic E-state index is 12.3. The molecule has 100 valence electrons. The van der Waals surface area contributed by atoms with E-state index in [-0.39, 0.29) is 5.91 Å². The van der Waals surface area contributed by atoms with Crippen LogP contribution in [-0.2, 0) is 6.54 Å². The van der Waals surface area contributed by atoms with Crippen LogP contribution in [0, 0.1) is 6.92 Å². The maximum atomic E-state index is 12.3. The number of carbonyl (C=O) groups is 1. The van der Waals surface area contributed by atoms with Crippen LogP contribution in [0.25, 0.3) is 0 Å². The summed E-state index contributed by atoms with van der Waals surface area (Å²) in [6.07, 6.45) is 6.31. The van der Waals surface area contributed by atoms with Gasteiger partial charge >= 0.3 is 0 Å². The highest BCUT2D eigenvalue weighted by Crippen LogP contribution is 2.18. The second-order valence-electron chi connectivity index (χ2n) is 4.38. The van der Waals surface area contributed by atoms with Crippen LogP contribution in [0.2, 0.25) is 0 Å². The van der Waals surface area contributed by atoms with Crippen molar-refractivity contribution in [1.29, 1.82) is 0 Å². The van der Waals surface area contributed by atoms with Gasteiger partial charge in [0.25, 0.3) is 5.91 Å². The Balaban J connectivity index is 2.23. The monoisotopic (exact) mass is 321 g/mol. The van der Waals surface area contributed by atoms with E-state index in [9.17, 15) is 4.79 Å². The molecular weight excluding hydrogens is 306 g/mol. The Hall–Kier alpha value is -1.62. The summed E-state index contributed by atoms with van der Waals surface area (Å²) in [7, 11) is 0. The predicted molar refractivity (Wildman–Crippen MR) is 79.4 cm³/mol. The number of rotatable bonds is 4. The van der Waals surface area contributed by atoms with Gasteiger partial charge in [-0.3, -0.25) is 9.78 Å². The Morgan fingerprint density at radius 1 is 1.53 bits per heavy atom. The molecule has 0 saturated carbocycles. The minimum absolute atomic E-state index is 0.103. The van der Waals surface area contributed by atoms with Crippen molar-refractivity contribution >= 4 is 27.5 Å². The first-order valence-electron chi connectivity index (χ1n) is 6.19. The molecule has 1 N–H and O–H groups in total. The van der Waals surface area contributed by atoms with Crippen molar-refractivity contribution in [1.82, 2.24) is 9.55 Å². The van der Waals surface area contributed by atoms with Crippen LogP contribution in [0.5, 0.6) is 0 Å². The smallest absolute Gasteiger partial charge is 0.272 e. The summed E-state index contributed by atoms with van der Waals surface area (Å²) in [5.41, 5.74) is 2.40. The third-order valence-electron chi connectivity index (χ3n) is 2.83. The summed E-state index contributed by atoms with van der Waals surface area (Å²) in [6.45, 7) is 4.83. The molecule has 0 aromatic carbocycles. The van der Waals surface area contributed by atoms with Crippen molar-refractivity contribution in [2.75, 3.05) is 5.32 Å². The SMILES string of the molecule is CCCn1cc(Br)cc1C(=O)Nc1ccncc1C. The van der Waals surface area contributed by atoms with Gasteiger partial charge in [-0.25, -0.2) is 0 Å². The molecule has 0 bridgehead atoms. The zero-order chi connectivity index (χ0) is 13.8. The highest BCUT2D eigenvalue weighted by Gasteiger charge is 2.13. The van der Waals surface area contributed by atoms with Gasteiger partial charge in [-0.2, -0.15) is 0 Å². The summed E-state index contributed by atoms with van der Waals surface area (Å²) in [4.78, 5) is 16.3. The zero-order valence-electron chi connectivity index (χ0n) is 11.0. The number of nitrogens with zero attached hydrogens (tertiary/aromatic N) is 2. The van der Waals surface area contributed by atoms with E-state index >= 15 is 0 Å². The molecule has 1 amide bonds. The summed E-state index contributed by atoms with van der Waals surface area (Å²) in [5, 5.41) is 2.92. The van der Waals surface area contributed by atoms with E-state index in [2.05, 4.69) is 33.2 Å². The molecule has 0 unspecified atom stereocenters. The van der Waals surface area contributed by atoms with E-state index in [4.69, 9.17) is 0 Å². The molecule has 0 aliphatic rings. The standard InChI is InChI=1S/C14H16BrN3O/c1-3-6-18-9-11(15)7-13(18)14(19)17-12-4-5-16-8-10(12)2/h4-5,7-9H,3,6H2,1-2H3,(H,16,17,19). The first-order chi connectivity index (χ1) is 9.11. The molecule has 4 nitrogen and oxygen atoms in total. The second kappa shape index (κ2) is 6.02. The minimum Gasteiger partial charge on any atom is -0.342 e. The molecule has 0 fully saturated rings. The lowest BCUT2D eigenvalue weighted by molar-refractivity contribution is 0.101. The quantitative estimate of drug-likeness (QED) is 0.934. The first-order valence-corrected chi connectivity index (χ1v) is 6.98.